The van der Waals surface area contributed by atoms with Gasteiger partial charge in [-0.1, -0.05) is 109 Å². The van der Waals surface area contributed by atoms with Gasteiger partial charge >= 0.3 is 0 Å². The van der Waals surface area contributed by atoms with Crippen molar-refractivity contribution in [2.45, 2.75) is 6.54 Å². The smallest absolute Gasteiger partial charge is 0.143 e. The van der Waals surface area contributed by atoms with Gasteiger partial charge in [0.05, 0.1) is 23.3 Å². The zero-order chi connectivity index (χ0) is 31.7. The average Bonchev–Trinajstić information content (AvgIpc) is 3.73. The van der Waals surface area contributed by atoms with Gasteiger partial charge < -0.3 is 9.40 Å². The third kappa shape index (κ3) is 4.91. The summed E-state index contributed by atoms with van der Waals surface area (Å²) in [5.74, 6) is 1.34. The van der Waals surface area contributed by atoms with E-state index in [1.165, 1.54) is 0 Å². The molecule has 220 valence electrons. The number of fused-ring (bicyclic) bond motifs is 3. The molecule has 0 aliphatic rings. The minimum Gasteiger partial charge on any atom is -0.455 e. The molecule has 0 aliphatic carbocycles. The van der Waals surface area contributed by atoms with Gasteiger partial charge in [-0.15, -0.1) is 0 Å². The average molecular weight is 604 g/mol. The summed E-state index contributed by atoms with van der Waals surface area (Å²) in [6.07, 6.45) is 0. The van der Waals surface area contributed by atoms with Crippen molar-refractivity contribution in [3.05, 3.63) is 156 Å². The van der Waals surface area contributed by atoms with E-state index in [1.807, 2.05) is 120 Å². The summed E-state index contributed by atoms with van der Waals surface area (Å²) < 4.78 is 8.58. The predicted octanol–water partition coefficient (Wildman–Crippen LogP) is 8.69. The van der Waals surface area contributed by atoms with Crippen LogP contribution in [0.1, 0.15) is 16.7 Å². The molecule has 0 saturated carbocycles. The normalized spacial score (nSPS) is 11.0. The van der Waals surface area contributed by atoms with Gasteiger partial charge in [-0.25, -0.2) is 0 Å². The fourth-order valence-corrected chi connectivity index (χ4v) is 6.24. The van der Waals surface area contributed by atoms with Crippen LogP contribution in [0, 0.1) is 22.7 Å². The predicted molar refractivity (Wildman–Crippen MR) is 182 cm³/mol. The molecule has 0 N–H and O–H groups in total. The van der Waals surface area contributed by atoms with E-state index in [-0.39, 0.29) is 0 Å². The molecule has 47 heavy (non-hydrogen) atoms. The van der Waals surface area contributed by atoms with Crippen molar-refractivity contribution in [3.8, 4) is 57.2 Å². The van der Waals surface area contributed by atoms with Gasteiger partial charge in [-0.3, -0.25) is 9.78 Å². The molecule has 0 aliphatic heterocycles. The largest absolute Gasteiger partial charge is 0.455 e. The van der Waals surface area contributed by atoms with Crippen LogP contribution < -0.4 is 9.78 Å². The molecule has 0 amide bonds. The standard InChI is InChI=1S/C41H25N5O/c42-24-29-16-7-9-18-32(29)31-22-35(33-19-10-8-17-30(33)25-43)39-36(23-31)38-34(20-11-21-37(38)47-39)40-44-41(28-14-5-2-6-15-28)46(45-40)26-27-12-3-1-4-13-27/h1-23H,26H2. The summed E-state index contributed by atoms with van der Waals surface area (Å²) in [4.78, 5) is 5.12. The molecule has 0 fully saturated rings. The van der Waals surface area contributed by atoms with Crippen molar-refractivity contribution in [2.75, 3.05) is 0 Å². The summed E-state index contributed by atoms with van der Waals surface area (Å²) >= 11 is 0. The van der Waals surface area contributed by atoms with Crippen LogP contribution in [0.15, 0.2) is 144 Å². The summed E-state index contributed by atoms with van der Waals surface area (Å²) in [5, 5.41) is 26.8. The fraction of sp³-hybridized carbons (Fsp3) is 0.0244. The molecule has 8 rings (SSSR count). The highest BCUT2D eigenvalue weighted by Gasteiger charge is 2.20. The first-order valence-electron chi connectivity index (χ1n) is 15.2. The monoisotopic (exact) mass is 603 g/mol. The number of hydrogen-bond acceptors (Lipinski definition) is 4. The van der Waals surface area contributed by atoms with Crippen molar-refractivity contribution in [1.29, 1.82) is 10.5 Å². The lowest BCUT2D eigenvalue weighted by Crippen LogP contribution is -2.40. The molecule has 0 bridgehead atoms. The summed E-state index contributed by atoms with van der Waals surface area (Å²) in [5.41, 5.74) is 8.54. The second-order valence-electron chi connectivity index (χ2n) is 11.3. The number of rotatable bonds is 6. The van der Waals surface area contributed by atoms with Crippen LogP contribution in [0.2, 0.25) is 0 Å². The Hall–Kier alpha value is -6.76. The molecule has 6 aromatic carbocycles. The van der Waals surface area contributed by atoms with Gasteiger partial charge in [-0.05, 0) is 58.4 Å². The second kappa shape index (κ2) is 11.6. The summed E-state index contributed by atoms with van der Waals surface area (Å²) in [6.45, 7) is 0.560. The summed E-state index contributed by atoms with van der Waals surface area (Å²) in [7, 11) is 0. The maximum Gasteiger partial charge on any atom is 0.143 e. The van der Waals surface area contributed by atoms with Gasteiger partial charge in [0.2, 0.25) is 0 Å². The van der Waals surface area contributed by atoms with Crippen molar-refractivity contribution in [3.63, 3.8) is 0 Å². The van der Waals surface area contributed by atoms with Crippen LogP contribution in [-0.2, 0) is 6.54 Å². The topological polar surface area (TPSA) is 91.6 Å². The van der Waals surface area contributed by atoms with E-state index >= 15 is 0 Å². The Bertz CT molecular complexity index is 2510. The molecule has 0 atom stereocenters. The minimum absolute atomic E-state index is 0.536. The number of nitriles is 2. The summed E-state index contributed by atoms with van der Waals surface area (Å²) in [6, 6.07) is 50.0. The quantitative estimate of drug-likeness (QED) is 0.177. The zero-order valence-corrected chi connectivity index (χ0v) is 25.1. The maximum atomic E-state index is 10.0. The van der Waals surface area contributed by atoms with Crippen LogP contribution in [0.3, 0.4) is 0 Å². The van der Waals surface area contributed by atoms with Crippen molar-refractivity contribution in [2.24, 2.45) is 0 Å². The first kappa shape index (κ1) is 27.8. The third-order valence-corrected chi connectivity index (χ3v) is 8.41. The zero-order valence-electron chi connectivity index (χ0n) is 25.1. The Morgan fingerprint density at radius 2 is 1.26 bits per heavy atom. The van der Waals surface area contributed by atoms with E-state index in [1.54, 1.807) is 6.07 Å². The molecule has 8 aromatic rings. The SMILES string of the molecule is N#Cc1ccccc1-c1cc(-c2ccccc2C#N)c2oc3cccc(-c4nc(-c5ccccc5)[n+](Cc5ccccc5)[n-]4)c3c2c1. The van der Waals surface area contributed by atoms with Gasteiger partial charge in [0.1, 0.15) is 23.5 Å². The van der Waals surface area contributed by atoms with E-state index in [4.69, 9.17) is 14.5 Å². The lowest BCUT2D eigenvalue weighted by atomic mass is 9.91. The van der Waals surface area contributed by atoms with Crippen molar-refractivity contribution >= 4 is 21.9 Å². The van der Waals surface area contributed by atoms with Crippen LogP contribution >= 0.6 is 0 Å². The number of benzene rings is 6. The van der Waals surface area contributed by atoms with Crippen LogP contribution in [-0.4, -0.2) is 4.98 Å². The van der Waals surface area contributed by atoms with E-state index in [0.717, 1.165) is 55.5 Å². The molecule has 0 unspecified atom stereocenters. The minimum atomic E-state index is 0.536. The number of aromatic nitrogens is 3. The maximum absolute atomic E-state index is 10.0. The highest BCUT2D eigenvalue weighted by Crippen LogP contribution is 2.43. The lowest BCUT2D eigenvalue weighted by molar-refractivity contribution is -0.737. The molecular weight excluding hydrogens is 578 g/mol. The third-order valence-electron chi connectivity index (χ3n) is 8.41. The molecule has 0 saturated heterocycles. The Kier molecular flexibility index (Phi) is 6.87. The van der Waals surface area contributed by atoms with Gasteiger partial charge in [0, 0.05) is 27.5 Å². The van der Waals surface area contributed by atoms with Crippen molar-refractivity contribution < 1.29 is 9.10 Å². The van der Waals surface area contributed by atoms with E-state index in [0.29, 0.717) is 34.7 Å². The van der Waals surface area contributed by atoms with Crippen LogP contribution in [0.25, 0.3) is 67.0 Å². The molecule has 0 spiro atoms. The van der Waals surface area contributed by atoms with Crippen LogP contribution in [0.4, 0.5) is 0 Å². The highest BCUT2D eigenvalue weighted by atomic mass is 16.3. The highest BCUT2D eigenvalue weighted by molar-refractivity contribution is 6.16. The van der Waals surface area contributed by atoms with Gasteiger partial charge in [-0.2, -0.15) is 10.5 Å². The number of hydrogen-bond donors (Lipinski definition) is 0. The van der Waals surface area contributed by atoms with Gasteiger partial charge in [0.15, 0.2) is 0 Å². The first-order valence-corrected chi connectivity index (χ1v) is 15.2. The lowest BCUT2D eigenvalue weighted by Gasteiger charge is -2.11. The Morgan fingerprint density at radius 1 is 0.617 bits per heavy atom. The van der Waals surface area contributed by atoms with E-state index in [9.17, 15) is 10.5 Å². The van der Waals surface area contributed by atoms with Crippen LogP contribution in [0.5, 0.6) is 0 Å². The van der Waals surface area contributed by atoms with E-state index < -0.39 is 0 Å². The molecule has 2 aromatic heterocycles. The molecule has 6 heteroatoms. The molecule has 6 nitrogen and oxygen atoms in total. The molecule has 0 radical (unpaired) electrons. The van der Waals surface area contributed by atoms with E-state index in [2.05, 4.69) is 30.3 Å². The number of furan rings is 1. The Labute approximate surface area is 271 Å². The van der Waals surface area contributed by atoms with Gasteiger partial charge in [0.25, 0.3) is 0 Å². The fourth-order valence-electron chi connectivity index (χ4n) is 6.24. The molecular formula is C41H25N5O. The second-order valence-corrected chi connectivity index (χ2v) is 11.3. The first-order chi connectivity index (χ1) is 23.2. The molecule has 2 heterocycles. The Balaban J connectivity index is 1.41. The van der Waals surface area contributed by atoms with Crippen molar-refractivity contribution in [1.82, 2.24) is 10.1 Å². The number of nitrogens with zero attached hydrogens (tertiary/aromatic N) is 5. The Morgan fingerprint density at radius 3 is 2.00 bits per heavy atom.